The van der Waals surface area contributed by atoms with Gasteiger partial charge < -0.3 is 10.6 Å². The van der Waals surface area contributed by atoms with Gasteiger partial charge in [0, 0.05) is 44.7 Å². The van der Waals surface area contributed by atoms with E-state index in [0.717, 1.165) is 9.80 Å². The third-order valence-electron chi connectivity index (χ3n) is 9.27. The zero-order chi connectivity index (χ0) is 38.7. The minimum Gasteiger partial charge on any atom is -0.352 e. The first-order valence-electron chi connectivity index (χ1n) is 17.0. The standard InChI is InChI=1S/C20H16N4O5.C17H17N3O5/c25-15-7-6-14(18(27)23-15)24-19(28)13-5-1-3-11(16(13)20(24)29)10-22-17(26)12-4-2-8-21-9-12;1-2-12(21)18-8-9-4-3-5-10-14(9)17(25)20(16(10)24)11-6-7-13(22)19-15(11)23/h1-5,8-9,14H,6-7,10H2,(H,22,26)(H,23,25,27);3-5,11H,2,6-8H2,1H3,(H,18,21)(H,19,22,23). The van der Waals surface area contributed by atoms with Crippen LogP contribution < -0.4 is 21.3 Å². The van der Waals surface area contributed by atoms with E-state index in [1.165, 1.54) is 18.3 Å². The summed E-state index contributed by atoms with van der Waals surface area (Å²) in [7, 11) is 0. The molecule has 2 aromatic carbocycles. The van der Waals surface area contributed by atoms with Gasteiger partial charge in [-0.1, -0.05) is 31.2 Å². The molecule has 2 fully saturated rings. The van der Waals surface area contributed by atoms with Gasteiger partial charge in [0.15, 0.2) is 0 Å². The number of hydrogen-bond acceptors (Lipinski definition) is 11. The summed E-state index contributed by atoms with van der Waals surface area (Å²) in [5, 5.41) is 9.70. The number of piperidine rings is 2. The second-order valence-corrected chi connectivity index (χ2v) is 12.6. The molecule has 0 spiro atoms. The molecule has 4 aliphatic rings. The van der Waals surface area contributed by atoms with Crippen LogP contribution in [0.5, 0.6) is 0 Å². The molecule has 1 aromatic heterocycles. The molecule has 10 amide bonds. The van der Waals surface area contributed by atoms with E-state index in [0.29, 0.717) is 23.1 Å². The lowest BCUT2D eigenvalue weighted by atomic mass is 10.0. The normalized spacial score (nSPS) is 19.1. The molecule has 0 aliphatic carbocycles. The molecular weight excluding hydrogens is 702 g/mol. The van der Waals surface area contributed by atoms with E-state index in [-0.39, 0.29) is 72.8 Å². The number of pyridine rings is 1. The summed E-state index contributed by atoms with van der Waals surface area (Å²) in [5.74, 6) is -5.01. The highest BCUT2D eigenvalue weighted by Crippen LogP contribution is 2.31. The number of fused-ring (bicyclic) bond motifs is 2. The van der Waals surface area contributed by atoms with Crippen molar-refractivity contribution in [3.8, 4) is 0 Å². The molecule has 5 heterocycles. The molecule has 0 saturated carbocycles. The van der Waals surface area contributed by atoms with E-state index in [4.69, 9.17) is 0 Å². The summed E-state index contributed by atoms with van der Waals surface area (Å²) in [6, 6.07) is 10.8. The van der Waals surface area contributed by atoms with E-state index < -0.39 is 59.3 Å². The molecule has 7 rings (SSSR count). The lowest BCUT2D eigenvalue weighted by molar-refractivity contribution is -0.137. The van der Waals surface area contributed by atoms with E-state index in [1.54, 1.807) is 49.5 Å². The zero-order valence-corrected chi connectivity index (χ0v) is 28.8. The molecule has 4 aliphatic heterocycles. The highest BCUT2D eigenvalue weighted by atomic mass is 16.2. The van der Waals surface area contributed by atoms with Gasteiger partial charge in [-0.05, 0) is 48.2 Å². The summed E-state index contributed by atoms with van der Waals surface area (Å²) >= 11 is 0. The van der Waals surface area contributed by atoms with Crippen molar-refractivity contribution in [2.45, 2.75) is 64.2 Å². The number of hydrogen-bond donors (Lipinski definition) is 4. The van der Waals surface area contributed by atoms with Crippen LogP contribution in [0.1, 0.15) is 102 Å². The average molecular weight is 736 g/mol. The van der Waals surface area contributed by atoms with Gasteiger partial charge in [0.2, 0.25) is 29.5 Å². The van der Waals surface area contributed by atoms with Crippen molar-refractivity contribution in [2.24, 2.45) is 0 Å². The maximum Gasteiger partial charge on any atom is 0.262 e. The number of imide groups is 4. The van der Waals surface area contributed by atoms with Crippen LogP contribution in [0, 0.1) is 0 Å². The van der Waals surface area contributed by atoms with Crippen LogP contribution >= 0.6 is 0 Å². The fourth-order valence-electron chi connectivity index (χ4n) is 6.56. The van der Waals surface area contributed by atoms with Gasteiger partial charge >= 0.3 is 0 Å². The number of rotatable bonds is 8. The van der Waals surface area contributed by atoms with Crippen LogP contribution in [-0.4, -0.2) is 85.9 Å². The second-order valence-electron chi connectivity index (χ2n) is 12.6. The molecule has 0 radical (unpaired) electrons. The molecule has 4 N–H and O–H groups in total. The summed E-state index contributed by atoms with van der Waals surface area (Å²) in [6.45, 7) is 1.86. The van der Waals surface area contributed by atoms with Crippen molar-refractivity contribution in [1.29, 1.82) is 0 Å². The molecule has 3 aromatic rings. The maximum atomic E-state index is 13.0. The van der Waals surface area contributed by atoms with Gasteiger partial charge in [-0.2, -0.15) is 0 Å². The number of amides is 10. The van der Waals surface area contributed by atoms with Crippen LogP contribution in [0.4, 0.5) is 0 Å². The first-order valence-corrected chi connectivity index (χ1v) is 17.0. The van der Waals surface area contributed by atoms with Gasteiger partial charge in [0.05, 0.1) is 27.8 Å². The highest BCUT2D eigenvalue weighted by molar-refractivity contribution is 6.25. The number of aromatic nitrogens is 1. The Bertz CT molecular complexity index is 2150. The number of nitrogens with zero attached hydrogens (tertiary/aromatic N) is 3. The van der Waals surface area contributed by atoms with E-state index >= 15 is 0 Å². The number of carbonyl (C=O) groups is 10. The Balaban J connectivity index is 0.000000186. The minimum absolute atomic E-state index is 0.0269. The topological polar surface area (TPSA) is 238 Å². The second kappa shape index (κ2) is 15.4. The van der Waals surface area contributed by atoms with Crippen LogP contribution in [0.25, 0.3) is 0 Å². The number of nitrogens with one attached hydrogen (secondary N) is 4. The predicted octanol–water partition coefficient (Wildman–Crippen LogP) is 0.527. The molecule has 2 unspecified atom stereocenters. The lowest BCUT2D eigenvalue weighted by Gasteiger charge is -2.27. The Hall–Kier alpha value is -6.91. The Kier molecular flexibility index (Phi) is 10.5. The molecule has 17 heteroatoms. The Morgan fingerprint density at radius 2 is 1.19 bits per heavy atom. The van der Waals surface area contributed by atoms with Crippen molar-refractivity contribution in [1.82, 2.24) is 36.1 Å². The molecule has 0 bridgehead atoms. The third-order valence-corrected chi connectivity index (χ3v) is 9.27. The van der Waals surface area contributed by atoms with Gasteiger partial charge in [0.1, 0.15) is 12.1 Å². The fourth-order valence-corrected chi connectivity index (χ4v) is 6.56. The molecule has 17 nitrogen and oxygen atoms in total. The van der Waals surface area contributed by atoms with E-state index in [1.807, 2.05) is 0 Å². The van der Waals surface area contributed by atoms with Crippen molar-refractivity contribution in [3.05, 3.63) is 99.9 Å². The van der Waals surface area contributed by atoms with Crippen LogP contribution in [-0.2, 0) is 37.1 Å². The molecule has 276 valence electrons. The van der Waals surface area contributed by atoms with Crippen LogP contribution in [0.3, 0.4) is 0 Å². The molecule has 54 heavy (non-hydrogen) atoms. The van der Waals surface area contributed by atoms with Gasteiger partial charge in [-0.3, -0.25) is 73.4 Å². The molecule has 2 saturated heterocycles. The van der Waals surface area contributed by atoms with Crippen molar-refractivity contribution < 1.29 is 47.9 Å². The highest BCUT2D eigenvalue weighted by Gasteiger charge is 2.46. The summed E-state index contributed by atoms with van der Waals surface area (Å²) < 4.78 is 0. The van der Waals surface area contributed by atoms with Gasteiger partial charge in [0.25, 0.3) is 29.5 Å². The fraction of sp³-hybridized carbons (Fsp3) is 0.270. The monoisotopic (exact) mass is 735 g/mol. The lowest BCUT2D eigenvalue weighted by Crippen LogP contribution is -2.54. The largest absolute Gasteiger partial charge is 0.352 e. The quantitative estimate of drug-likeness (QED) is 0.233. The molecular formula is C37H33N7O10. The van der Waals surface area contributed by atoms with Crippen molar-refractivity contribution >= 4 is 59.1 Å². The summed E-state index contributed by atoms with van der Waals surface area (Å²) in [4.78, 5) is 127. The SMILES string of the molecule is CCC(=O)NCc1cccc2c1C(=O)N(C1CCC(=O)NC1=O)C2=O.O=C1CCC(N2C(=O)c3cccc(CNC(=O)c4cccnc4)c3C2=O)C(=O)N1. The number of carbonyl (C=O) groups excluding carboxylic acids is 10. The van der Waals surface area contributed by atoms with E-state index in [9.17, 15) is 47.9 Å². The smallest absolute Gasteiger partial charge is 0.262 e. The Morgan fingerprint density at radius 1 is 0.685 bits per heavy atom. The predicted molar refractivity (Wildman–Crippen MR) is 184 cm³/mol. The maximum absolute atomic E-state index is 13.0. The Morgan fingerprint density at radius 3 is 1.63 bits per heavy atom. The third kappa shape index (κ3) is 7.10. The first-order chi connectivity index (χ1) is 25.9. The first kappa shape index (κ1) is 36.9. The van der Waals surface area contributed by atoms with Crippen LogP contribution in [0.2, 0.25) is 0 Å². The van der Waals surface area contributed by atoms with Crippen LogP contribution in [0.15, 0.2) is 60.9 Å². The van der Waals surface area contributed by atoms with E-state index in [2.05, 4.69) is 26.3 Å². The number of benzene rings is 2. The van der Waals surface area contributed by atoms with Crippen molar-refractivity contribution in [2.75, 3.05) is 0 Å². The molecule has 2 atom stereocenters. The zero-order valence-electron chi connectivity index (χ0n) is 28.8. The van der Waals surface area contributed by atoms with Gasteiger partial charge in [-0.25, -0.2) is 0 Å². The van der Waals surface area contributed by atoms with Crippen molar-refractivity contribution in [3.63, 3.8) is 0 Å². The Labute approximate surface area is 306 Å². The minimum atomic E-state index is -1.03. The average Bonchev–Trinajstić information content (AvgIpc) is 3.58. The summed E-state index contributed by atoms with van der Waals surface area (Å²) in [6.07, 6.45) is 3.60. The van der Waals surface area contributed by atoms with Gasteiger partial charge in [-0.15, -0.1) is 0 Å². The summed E-state index contributed by atoms with van der Waals surface area (Å²) in [5.41, 5.74) is 2.10.